The van der Waals surface area contributed by atoms with Crippen LogP contribution in [0, 0.1) is 0 Å². The van der Waals surface area contributed by atoms with E-state index < -0.39 is 5.91 Å². The van der Waals surface area contributed by atoms with E-state index in [1.807, 2.05) is 24.3 Å². The number of oxazole rings is 1. The number of carbonyl (C=O) groups excluding carboxylic acids is 1. The molecule has 184 valence electrons. The van der Waals surface area contributed by atoms with Crippen LogP contribution in [0.5, 0.6) is 0 Å². The summed E-state index contributed by atoms with van der Waals surface area (Å²) in [7, 11) is 0. The second kappa shape index (κ2) is 10.9. The second-order valence-electron chi connectivity index (χ2n) is 7.79. The van der Waals surface area contributed by atoms with E-state index in [0.29, 0.717) is 49.8 Å². The molecule has 5 aromatic rings. The zero-order valence-electron chi connectivity index (χ0n) is 18.8. The summed E-state index contributed by atoms with van der Waals surface area (Å²) in [5.74, 6) is 1.10. The minimum Gasteiger partial charge on any atom is -0.457 e. The molecule has 0 atom stereocenters. The van der Waals surface area contributed by atoms with Crippen molar-refractivity contribution in [2.24, 2.45) is 0 Å². The van der Waals surface area contributed by atoms with Crippen molar-refractivity contribution in [3.63, 3.8) is 0 Å². The molecule has 1 amide bonds. The van der Waals surface area contributed by atoms with Gasteiger partial charge in [-0.05, 0) is 79.0 Å². The number of thiocarbonyl (C=S) groups is 1. The van der Waals surface area contributed by atoms with Gasteiger partial charge in [-0.1, -0.05) is 51.3 Å². The van der Waals surface area contributed by atoms with Gasteiger partial charge >= 0.3 is 0 Å². The molecular weight excluding hydrogens is 597 g/mol. The standard InChI is InChI=1S/C27H16BrCl2N3O3S/c28-16-4-1-3-15(13-16)26-32-21-14-17(7-10-23(21)36-26)31-27(37)33-24(34)12-9-18-8-11-22(35-18)19-5-2-6-20(29)25(19)30/h1-14H,(H2,31,33,34,37). The van der Waals surface area contributed by atoms with E-state index in [1.54, 1.807) is 48.5 Å². The predicted molar refractivity (Wildman–Crippen MR) is 155 cm³/mol. The summed E-state index contributed by atoms with van der Waals surface area (Å²) in [6.45, 7) is 0. The van der Waals surface area contributed by atoms with Gasteiger partial charge in [-0.3, -0.25) is 10.1 Å². The maximum Gasteiger partial charge on any atom is 0.250 e. The van der Waals surface area contributed by atoms with Crippen molar-refractivity contribution in [1.29, 1.82) is 0 Å². The highest BCUT2D eigenvalue weighted by molar-refractivity contribution is 9.10. The quantitative estimate of drug-likeness (QED) is 0.153. The number of halogens is 3. The van der Waals surface area contributed by atoms with E-state index in [9.17, 15) is 4.79 Å². The van der Waals surface area contributed by atoms with Crippen LogP contribution in [-0.4, -0.2) is 16.0 Å². The Balaban J connectivity index is 1.21. The van der Waals surface area contributed by atoms with Crippen LogP contribution >= 0.6 is 51.3 Å². The molecule has 0 aliphatic rings. The molecule has 0 aliphatic carbocycles. The van der Waals surface area contributed by atoms with Gasteiger partial charge < -0.3 is 14.2 Å². The molecule has 2 heterocycles. The lowest BCUT2D eigenvalue weighted by Gasteiger charge is -2.07. The molecule has 2 aromatic heterocycles. The van der Waals surface area contributed by atoms with Crippen LogP contribution in [0.1, 0.15) is 5.76 Å². The third-order valence-electron chi connectivity index (χ3n) is 5.20. The van der Waals surface area contributed by atoms with Gasteiger partial charge in [0.25, 0.3) is 0 Å². The molecule has 3 aromatic carbocycles. The third kappa shape index (κ3) is 5.94. The van der Waals surface area contributed by atoms with Gasteiger partial charge in [0.1, 0.15) is 17.0 Å². The first-order chi connectivity index (χ1) is 17.9. The molecule has 37 heavy (non-hydrogen) atoms. The van der Waals surface area contributed by atoms with Gasteiger partial charge in [-0.15, -0.1) is 0 Å². The third-order valence-corrected chi connectivity index (χ3v) is 6.71. The minimum absolute atomic E-state index is 0.135. The Morgan fingerprint density at radius 3 is 2.68 bits per heavy atom. The smallest absolute Gasteiger partial charge is 0.250 e. The number of amides is 1. The molecule has 0 aliphatic heterocycles. The molecule has 0 saturated carbocycles. The highest BCUT2D eigenvalue weighted by atomic mass is 79.9. The summed E-state index contributed by atoms with van der Waals surface area (Å²) in [4.78, 5) is 16.9. The molecule has 0 saturated heterocycles. The number of fused-ring (bicyclic) bond motifs is 1. The first-order valence-corrected chi connectivity index (χ1v) is 12.8. The van der Waals surface area contributed by atoms with Crippen molar-refractivity contribution in [2.45, 2.75) is 0 Å². The zero-order chi connectivity index (χ0) is 25.9. The molecule has 0 unspecified atom stereocenters. The fraction of sp³-hybridized carbons (Fsp3) is 0. The number of benzene rings is 3. The average molecular weight is 613 g/mol. The molecule has 0 radical (unpaired) electrons. The number of rotatable bonds is 5. The molecule has 0 fully saturated rings. The van der Waals surface area contributed by atoms with Gasteiger partial charge in [-0.2, -0.15) is 0 Å². The number of hydrogen-bond donors (Lipinski definition) is 2. The van der Waals surface area contributed by atoms with Crippen LogP contribution in [0.2, 0.25) is 10.0 Å². The fourth-order valence-electron chi connectivity index (χ4n) is 3.51. The lowest BCUT2D eigenvalue weighted by Crippen LogP contribution is -2.32. The Kier molecular flexibility index (Phi) is 7.43. The van der Waals surface area contributed by atoms with Crippen molar-refractivity contribution >= 4 is 85.2 Å². The molecular formula is C27H16BrCl2N3O3S. The summed E-state index contributed by atoms with van der Waals surface area (Å²) >= 11 is 21.1. The lowest BCUT2D eigenvalue weighted by molar-refractivity contribution is -0.115. The summed E-state index contributed by atoms with van der Waals surface area (Å²) in [6, 6.07) is 21.8. The highest BCUT2D eigenvalue weighted by Gasteiger charge is 2.12. The van der Waals surface area contributed by atoms with Crippen LogP contribution in [-0.2, 0) is 4.79 Å². The first-order valence-electron chi connectivity index (χ1n) is 10.9. The Morgan fingerprint density at radius 2 is 1.84 bits per heavy atom. The number of nitrogens with zero attached hydrogens (tertiary/aromatic N) is 1. The monoisotopic (exact) mass is 611 g/mol. The van der Waals surface area contributed by atoms with E-state index >= 15 is 0 Å². The molecule has 2 N–H and O–H groups in total. The average Bonchev–Trinajstić information content (AvgIpc) is 3.51. The van der Waals surface area contributed by atoms with Crippen LogP contribution < -0.4 is 10.6 Å². The van der Waals surface area contributed by atoms with Crippen molar-refractivity contribution in [3.05, 3.63) is 99.2 Å². The molecule has 0 bridgehead atoms. The number of hydrogen-bond acceptors (Lipinski definition) is 5. The number of carbonyl (C=O) groups is 1. The Morgan fingerprint density at radius 1 is 1.00 bits per heavy atom. The summed E-state index contributed by atoms with van der Waals surface area (Å²) in [5.41, 5.74) is 3.47. The van der Waals surface area contributed by atoms with Gasteiger partial charge in [0.05, 0.1) is 10.0 Å². The zero-order valence-corrected chi connectivity index (χ0v) is 22.7. The van der Waals surface area contributed by atoms with Crippen LogP contribution in [0.15, 0.2) is 92.2 Å². The summed E-state index contributed by atoms with van der Waals surface area (Å²) in [5, 5.41) is 6.55. The van der Waals surface area contributed by atoms with Crippen molar-refractivity contribution in [3.8, 4) is 22.8 Å². The van der Waals surface area contributed by atoms with E-state index in [0.717, 1.165) is 10.0 Å². The topological polar surface area (TPSA) is 80.3 Å². The van der Waals surface area contributed by atoms with E-state index in [1.165, 1.54) is 12.2 Å². The molecule has 5 rings (SSSR count). The van der Waals surface area contributed by atoms with E-state index in [-0.39, 0.29) is 5.11 Å². The molecule has 10 heteroatoms. The van der Waals surface area contributed by atoms with Crippen molar-refractivity contribution in [1.82, 2.24) is 10.3 Å². The SMILES string of the molecule is O=C(C=Cc1ccc(-c2cccc(Cl)c2Cl)o1)NC(=S)Nc1ccc2oc(-c3cccc(Br)c3)nc2c1. The van der Waals surface area contributed by atoms with Crippen molar-refractivity contribution < 1.29 is 13.6 Å². The predicted octanol–water partition coefficient (Wildman–Crippen LogP) is 8.35. The van der Waals surface area contributed by atoms with Gasteiger partial charge in [0, 0.05) is 27.4 Å². The maximum absolute atomic E-state index is 12.4. The van der Waals surface area contributed by atoms with Crippen LogP contribution in [0.25, 0.3) is 40.0 Å². The van der Waals surface area contributed by atoms with E-state index in [4.69, 9.17) is 44.3 Å². The van der Waals surface area contributed by atoms with Gasteiger partial charge in [0.15, 0.2) is 10.7 Å². The fourth-order valence-corrected chi connectivity index (χ4v) is 4.52. The first kappa shape index (κ1) is 25.2. The number of anilines is 1. The van der Waals surface area contributed by atoms with Crippen LogP contribution in [0.4, 0.5) is 5.69 Å². The summed E-state index contributed by atoms with van der Waals surface area (Å²) < 4.78 is 12.5. The largest absolute Gasteiger partial charge is 0.457 e. The normalized spacial score (nSPS) is 11.2. The molecule has 6 nitrogen and oxygen atoms in total. The summed E-state index contributed by atoms with van der Waals surface area (Å²) in [6.07, 6.45) is 2.85. The highest BCUT2D eigenvalue weighted by Crippen LogP contribution is 2.34. The second-order valence-corrected chi connectivity index (χ2v) is 9.90. The van der Waals surface area contributed by atoms with Gasteiger partial charge in [0.2, 0.25) is 11.8 Å². The van der Waals surface area contributed by atoms with Crippen molar-refractivity contribution in [2.75, 3.05) is 5.32 Å². The number of aromatic nitrogens is 1. The number of nitrogens with one attached hydrogen (secondary N) is 2. The lowest BCUT2D eigenvalue weighted by atomic mass is 10.2. The molecule has 0 spiro atoms. The Hall–Kier alpha value is -3.43. The number of furan rings is 1. The van der Waals surface area contributed by atoms with Gasteiger partial charge in [-0.25, -0.2) is 4.98 Å². The maximum atomic E-state index is 12.4. The van der Waals surface area contributed by atoms with Crippen LogP contribution in [0.3, 0.4) is 0 Å². The Labute approximate surface area is 235 Å². The minimum atomic E-state index is -0.421. The Bertz CT molecular complexity index is 1680. The van der Waals surface area contributed by atoms with E-state index in [2.05, 4.69) is 31.5 Å².